The molecule has 0 aliphatic heterocycles. The number of aromatic nitrogens is 2. The number of anilines is 1. The van der Waals surface area contributed by atoms with Gasteiger partial charge in [-0.2, -0.15) is 0 Å². The zero-order chi connectivity index (χ0) is 22.7. The van der Waals surface area contributed by atoms with Crippen LogP contribution in [-0.4, -0.2) is 33.4 Å². The standard InChI is InChI=1S/C24H22N4O4/c1-3-27(19-6-4-5-17(2)13-19)24(29)16-32-21-10-7-18(8-11-21)22-15-26-14-20(28(30)31)9-12-23(26)25-22/h4-15H,3,16H2,1-2H3. The van der Waals surface area contributed by atoms with E-state index in [1.165, 1.54) is 12.3 Å². The predicted molar refractivity (Wildman–Crippen MR) is 122 cm³/mol. The molecule has 0 atom stereocenters. The number of fused-ring (bicyclic) bond motifs is 1. The van der Waals surface area contributed by atoms with Gasteiger partial charge in [-0.3, -0.25) is 19.3 Å². The van der Waals surface area contributed by atoms with E-state index >= 15 is 0 Å². The van der Waals surface area contributed by atoms with Gasteiger partial charge in [-0.15, -0.1) is 0 Å². The minimum Gasteiger partial charge on any atom is -0.484 e. The molecule has 0 aliphatic rings. The van der Waals surface area contributed by atoms with Gasteiger partial charge in [0.2, 0.25) is 0 Å². The maximum Gasteiger partial charge on any atom is 0.286 e. The Morgan fingerprint density at radius 2 is 1.91 bits per heavy atom. The van der Waals surface area contributed by atoms with Gasteiger partial charge in [0.1, 0.15) is 11.4 Å². The summed E-state index contributed by atoms with van der Waals surface area (Å²) in [7, 11) is 0. The van der Waals surface area contributed by atoms with E-state index in [0.29, 0.717) is 23.6 Å². The molecule has 0 fully saturated rings. The molecule has 162 valence electrons. The summed E-state index contributed by atoms with van der Waals surface area (Å²) in [5.41, 5.74) is 4.08. The fraction of sp³-hybridized carbons (Fsp3) is 0.167. The van der Waals surface area contributed by atoms with Crippen molar-refractivity contribution in [3.8, 4) is 17.0 Å². The first-order valence-electron chi connectivity index (χ1n) is 10.2. The molecule has 2 aromatic heterocycles. The number of ether oxygens (including phenoxy) is 1. The number of aryl methyl sites for hydroxylation is 1. The number of amides is 1. The topological polar surface area (TPSA) is 90.0 Å². The Balaban J connectivity index is 1.44. The minimum absolute atomic E-state index is 0.00153. The summed E-state index contributed by atoms with van der Waals surface area (Å²) in [4.78, 5) is 29.4. The predicted octanol–water partition coefficient (Wildman–Crippen LogP) is 4.65. The maximum atomic E-state index is 12.7. The molecular weight excluding hydrogens is 408 g/mol. The fourth-order valence-electron chi connectivity index (χ4n) is 3.47. The van der Waals surface area contributed by atoms with Crippen molar-refractivity contribution >= 4 is 22.9 Å². The molecule has 0 unspecified atom stereocenters. The molecule has 0 saturated carbocycles. The quantitative estimate of drug-likeness (QED) is 0.314. The second kappa shape index (κ2) is 8.89. The summed E-state index contributed by atoms with van der Waals surface area (Å²) in [6, 6.07) is 18.1. The number of nitro groups is 1. The molecule has 2 heterocycles. The van der Waals surface area contributed by atoms with Gasteiger partial charge in [0.25, 0.3) is 11.6 Å². The third-order valence-corrected chi connectivity index (χ3v) is 5.09. The van der Waals surface area contributed by atoms with Crippen molar-refractivity contribution in [1.82, 2.24) is 9.38 Å². The second-order valence-electron chi connectivity index (χ2n) is 7.33. The SMILES string of the molecule is CCN(C(=O)COc1ccc(-c2cn3cc([N+](=O)[O-])ccc3n2)cc1)c1cccc(C)c1. The molecule has 0 radical (unpaired) electrons. The van der Waals surface area contributed by atoms with E-state index in [2.05, 4.69) is 4.98 Å². The zero-order valence-corrected chi connectivity index (χ0v) is 17.8. The number of hydrogen-bond donors (Lipinski definition) is 0. The van der Waals surface area contributed by atoms with Crippen LogP contribution in [0.15, 0.2) is 73.1 Å². The third kappa shape index (κ3) is 4.44. The zero-order valence-electron chi connectivity index (χ0n) is 17.8. The summed E-state index contributed by atoms with van der Waals surface area (Å²) < 4.78 is 7.33. The Kier molecular flexibility index (Phi) is 5.85. The van der Waals surface area contributed by atoms with E-state index < -0.39 is 4.92 Å². The number of rotatable bonds is 7. The number of imidazole rings is 1. The van der Waals surface area contributed by atoms with Crippen LogP contribution in [0.5, 0.6) is 5.75 Å². The largest absolute Gasteiger partial charge is 0.484 e. The Labute approximate surface area is 184 Å². The molecule has 0 saturated heterocycles. The average molecular weight is 430 g/mol. The Bertz CT molecular complexity index is 1280. The monoisotopic (exact) mass is 430 g/mol. The van der Waals surface area contributed by atoms with Crippen LogP contribution in [-0.2, 0) is 4.79 Å². The lowest BCUT2D eigenvalue weighted by Gasteiger charge is -2.21. The van der Waals surface area contributed by atoms with E-state index in [1.54, 1.807) is 33.7 Å². The summed E-state index contributed by atoms with van der Waals surface area (Å²) in [5, 5.41) is 11.0. The first-order valence-corrected chi connectivity index (χ1v) is 10.2. The molecule has 0 bridgehead atoms. The first-order chi connectivity index (χ1) is 15.4. The van der Waals surface area contributed by atoms with Gasteiger partial charge in [0.05, 0.1) is 16.8 Å². The molecule has 0 spiro atoms. The smallest absolute Gasteiger partial charge is 0.286 e. The van der Waals surface area contributed by atoms with Crippen molar-refractivity contribution in [2.45, 2.75) is 13.8 Å². The van der Waals surface area contributed by atoms with Gasteiger partial charge < -0.3 is 9.64 Å². The van der Waals surface area contributed by atoms with E-state index in [0.717, 1.165) is 16.8 Å². The lowest BCUT2D eigenvalue weighted by Crippen LogP contribution is -2.34. The van der Waals surface area contributed by atoms with Gasteiger partial charge in [-0.05, 0) is 61.9 Å². The van der Waals surface area contributed by atoms with Crippen molar-refractivity contribution in [2.24, 2.45) is 0 Å². The molecule has 8 heteroatoms. The van der Waals surface area contributed by atoms with Gasteiger partial charge in [-0.25, -0.2) is 4.98 Å². The molecule has 0 N–H and O–H groups in total. The minimum atomic E-state index is -0.439. The van der Waals surface area contributed by atoms with Crippen LogP contribution in [0.1, 0.15) is 12.5 Å². The van der Waals surface area contributed by atoms with Gasteiger partial charge >= 0.3 is 0 Å². The highest BCUT2D eigenvalue weighted by Gasteiger charge is 2.15. The van der Waals surface area contributed by atoms with Gasteiger partial charge in [-0.1, -0.05) is 12.1 Å². The van der Waals surface area contributed by atoms with Crippen LogP contribution < -0.4 is 9.64 Å². The number of hydrogen-bond acceptors (Lipinski definition) is 5. The third-order valence-electron chi connectivity index (χ3n) is 5.09. The number of carbonyl (C=O) groups is 1. The number of benzene rings is 2. The van der Waals surface area contributed by atoms with Crippen molar-refractivity contribution < 1.29 is 14.5 Å². The van der Waals surface area contributed by atoms with Crippen molar-refractivity contribution in [3.05, 3.63) is 88.7 Å². The van der Waals surface area contributed by atoms with Crippen LogP contribution in [0.4, 0.5) is 11.4 Å². The second-order valence-corrected chi connectivity index (χ2v) is 7.33. The van der Waals surface area contributed by atoms with Crippen molar-refractivity contribution in [1.29, 1.82) is 0 Å². The lowest BCUT2D eigenvalue weighted by atomic mass is 10.1. The summed E-state index contributed by atoms with van der Waals surface area (Å²) in [6.45, 7) is 4.40. The van der Waals surface area contributed by atoms with E-state index in [9.17, 15) is 14.9 Å². The first kappa shape index (κ1) is 21.0. The number of nitrogens with zero attached hydrogens (tertiary/aromatic N) is 4. The molecule has 32 heavy (non-hydrogen) atoms. The Hall–Kier alpha value is -4.20. The normalized spacial score (nSPS) is 10.8. The Morgan fingerprint density at radius 1 is 1.12 bits per heavy atom. The van der Waals surface area contributed by atoms with Crippen LogP contribution in [0.3, 0.4) is 0 Å². The number of pyridine rings is 1. The van der Waals surface area contributed by atoms with Gasteiger partial charge in [0.15, 0.2) is 6.61 Å². The molecule has 1 amide bonds. The molecule has 4 rings (SSSR count). The Morgan fingerprint density at radius 3 is 2.59 bits per heavy atom. The highest BCUT2D eigenvalue weighted by molar-refractivity contribution is 5.94. The van der Waals surface area contributed by atoms with E-state index in [-0.39, 0.29) is 18.2 Å². The molecule has 2 aromatic carbocycles. The van der Waals surface area contributed by atoms with Gasteiger partial charge in [0, 0.05) is 30.1 Å². The highest BCUT2D eigenvalue weighted by Crippen LogP contribution is 2.24. The van der Waals surface area contributed by atoms with E-state index in [4.69, 9.17) is 4.74 Å². The molecule has 8 nitrogen and oxygen atoms in total. The average Bonchev–Trinajstić information content (AvgIpc) is 3.22. The molecule has 4 aromatic rings. The maximum absolute atomic E-state index is 12.7. The fourth-order valence-corrected chi connectivity index (χ4v) is 3.47. The van der Waals surface area contributed by atoms with Crippen LogP contribution in [0.2, 0.25) is 0 Å². The lowest BCUT2D eigenvalue weighted by molar-refractivity contribution is -0.385. The molecule has 0 aliphatic carbocycles. The van der Waals surface area contributed by atoms with Crippen LogP contribution in [0.25, 0.3) is 16.9 Å². The summed E-state index contributed by atoms with van der Waals surface area (Å²) in [5.74, 6) is 0.450. The number of likely N-dealkylation sites (N-methyl/N-ethyl adjacent to an activating group) is 1. The highest BCUT2D eigenvalue weighted by atomic mass is 16.6. The summed E-state index contributed by atoms with van der Waals surface area (Å²) >= 11 is 0. The van der Waals surface area contributed by atoms with Crippen molar-refractivity contribution in [3.63, 3.8) is 0 Å². The summed E-state index contributed by atoms with van der Waals surface area (Å²) in [6.07, 6.45) is 3.17. The van der Waals surface area contributed by atoms with E-state index in [1.807, 2.05) is 50.2 Å². The molecular formula is C24H22N4O4. The van der Waals surface area contributed by atoms with Crippen LogP contribution >= 0.6 is 0 Å². The number of carbonyl (C=O) groups excluding carboxylic acids is 1. The van der Waals surface area contributed by atoms with Crippen LogP contribution in [0, 0.1) is 17.0 Å². The van der Waals surface area contributed by atoms with Crippen molar-refractivity contribution in [2.75, 3.05) is 18.1 Å².